The SMILES string of the molecule is COC(=O)c1sc(N)c(C(=O)OC)c1COC(=O)c1cccn1C. The van der Waals surface area contributed by atoms with Crippen molar-refractivity contribution in [1.82, 2.24) is 4.57 Å². The van der Waals surface area contributed by atoms with Crippen LogP contribution in [0.3, 0.4) is 0 Å². The zero-order valence-electron chi connectivity index (χ0n) is 13.3. The number of thiophene rings is 1. The number of nitrogens with two attached hydrogens (primary N) is 1. The van der Waals surface area contributed by atoms with Gasteiger partial charge in [-0.1, -0.05) is 0 Å². The zero-order chi connectivity index (χ0) is 17.9. The molecule has 0 spiro atoms. The summed E-state index contributed by atoms with van der Waals surface area (Å²) in [5.41, 5.74) is 6.30. The molecule has 9 heteroatoms. The summed E-state index contributed by atoms with van der Waals surface area (Å²) in [6, 6.07) is 3.28. The monoisotopic (exact) mass is 352 g/mol. The highest BCUT2D eigenvalue weighted by Crippen LogP contribution is 2.33. The average molecular weight is 352 g/mol. The molecule has 128 valence electrons. The molecule has 0 saturated heterocycles. The molecule has 0 saturated carbocycles. The fourth-order valence-electron chi connectivity index (χ4n) is 2.09. The maximum atomic E-state index is 12.1. The standard InChI is InChI=1S/C15H16N2O6S/c1-17-6-4-5-9(17)13(18)23-7-8-10(14(19)21-2)12(16)24-11(8)15(20)22-3/h4-6H,7,16H2,1-3H3. The molecule has 2 N–H and O–H groups in total. The first-order valence-electron chi connectivity index (χ1n) is 6.76. The van der Waals surface area contributed by atoms with Crippen LogP contribution in [0.25, 0.3) is 0 Å². The van der Waals surface area contributed by atoms with Gasteiger partial charge >= 0.3 is 17.9 Å². The van der Waals surface area contributed by atoms with Gasteiger partial charge < -0.3 is 24.5 Å². The summed E-state index contributed by atoms with van der Waals surface area (Å²) in [6.45, 7) is -0.313. The van der Waals surface area contributed by atoms with Crippen molar-refractivity contribution in [2.75, 3.05) is 20.0 Å². The number of carbonyl (C=O) groups excluding carboxylic acids is 3. The number of anilines is 1. The quantitative estimate of drug-likeness (QED) is 0.643. The molecule has 0 aliphatic carbocycles. The summed E-state index contributed by atoms with van der Waals surface area (Å²) < 4.78 is 16.2. The number of aromatic nitrogens is 1. The third-order valence-electron chi connectivity index (χ3n) is 3.30. The van der Waals surface area contributed by atoms with E-state index >= 15 is 0 Å². The number of nitrogens with zero attached hydrogens (tertiary/aromatic N) is 1. The van der Waals surface area contributed by atoms with Crippen molar-refractivity contribution in [3.63, 3.8) is 0 Å². The van der Waals surface area contributed by atoms with E-state index in [1.807, 2.05) is 0 Å². The number of carbonyl (C=O) groups is 3. The van der Waals surface area contributed by atoms with Gasteiger partial charge in [0.25, 0.3) is 0 Å². The van der Waals surface area contributed by atoms with Crippen LogP contribution in [-0.2, 0) is 27.9 Å². The second-order valence-corrected chi connectivity index (χ2v) is 5.76. The maximum absolute atomic E-state index is 12.1. The molecule has 8 nitrogen and oxygen atoms in total. The predicted octanol–water partition coefficient (Wildman–Crippen LogP) is 1.60. The summed E-state index contributed by atoms with van der Waals surface area (Å²) in [4.78, 5) is 36.0. The predicted molar refractivity (Wildman–Crippen MR) is 85.9 cm³/mol. The lowest BCUT2D eigenvalue weighted by Crippen LogP contribution is -2.14. The van der Waals surface area contributed by atoms with Gasteiger partial charge in [0.2, 0.25) is 0 Å². The molecule has 24 heavy (non-hydrogen) atoms. The van der Waals surface area contributed by atoms with Gasteiger partial charge in [-0.15, -0.1) is 11.3 Å². The lowest BCUT2D eigenvalue weighted by molar-refractivity contribution is 0.0442. The molecule has 0 atom stereocenters. The minimum atomic E-state index is -0.719. The fraction of sp³-hybridized carbons (Fsp3) is 0.267. The third-order valence-corrected chi connectivity index (χ3v) is 4.34. The van der Waals surface area contributed by atoms with E-state index in [-0.39, 0.29) is 27.6 Å². The highest BCUT2D eigenvalue weighted by molar-refractivity contribution is 7.18. The van der Waals surface area contributed by atoms with Crippen LogP contribution in [0.4, 0.5) is 5.00 Å². The van der Waals surface area contributed by atoms with Gasteiger partial charge in [0, 0.05) is 18.8 Å². The second-order valence-electron chi connectivity index (χ2n) is 4.71. The molecule has 2 aromatic rings. The van der Waals surface area contributed by atoms with Gasteiger partial charge in [-0.2, -0.15) is 0 Å². The summed E-state index contributed by atoms with van der Waals surface area (Å²) in [5.74, 6) is -1.99. The van der Waals surface area contributed by atoms with Crippen molar-refractivity contribution in [3.05, 3.63) is 40.0 Å². The Hall–Kier alpha value is -2.81. The molecule has 0 radical (unpaired) electrons. The number of ether oxygens (including phenoxy) is 3. The van der Waals surface area contributed by atoms with Gasteiger partial charge in [0.05, 0.1) is 14.2 Å². The lowest BCUT2D eigenvalue weighted by Gasteiger charge is -2.08. The normalized spacial score (nSPS) is 10.3. The molecule has 2 heterocycles. The number of hydrogen-bond donors (Lipinski definition) is 1. The van der Waals surface area contributed by atoms with E-state index < -0.39 is 17.9 Å². The molecule has 0 aliphatic rings. The third kappa shape index (κ3) is 3.25. The lowest BCUT2D eigenvalue weighted by atomic mass is 10.1. The highest BCUT2D eigenvalue weighted by atomic mass is 32.1. The molecule has 2 aromatic heterocycles. The number of hydrogen-bond acceptors (Lipinski definition) is 8. The smallest absolute Gasteiger partial charge is 0.355 e. The van der Waals surface area contributed by atoms with Gasteiger partial charge in [-0.05, 0) is 12.1 Å². The molecule has 0 unspecified atom stereocenters. The molecule has 0 bridgehead atoms. The van der Waals surface area contributed by atoms with E-state index in [2.05, 4.69) is 9.47 Å². The summed E-state index contributed by atoms with van der Waals surface area (Å²) >= 11 is 0.876. The zero-order valence-corrected chi connectivity index (χ0v) is 14.1. The van der Waals surface area contributed by atoms with Gasteiger partial charge in [-0.3, -0.25) is 0 Å². The highest BCUT2D eigenvalue weighted by Gasteiger charge is 2.28. The summed E-state index contributed by atoms with van der Waals surface area (Å²) in [7, 11) is 4.09. The molecule has 0 fully saturated rings. The Morgan fingerprint density at radius 2 is 1.83 bits per heavy atom. The van der Waals surface area contributed by atoms with Crippen LogP contribution in [0, 0.1) is 0 Å². The van der Waals surface area contributed by atoms with Crippen molar-refractivity contribution in [2.24, 2.45) is 7.05 Å². The number of aryl methyl sites for hydroxylation is 1. The van der Waals surface area contributed by atoms with E-state index in [0.29, 0.717) is 5.69 Å². The molecule has 0 aliphatic heterocycles. The largest absolute Gasteiger partial charge is 0.465 e. The topological polar surface area (TPSA) is 110 Å². The Bertz CT molecular complexity index is 792. The van der Waals surface area contributed by atoms with Crippen molar-refractivity contribution < 1.29 is 28.6 Å². The first-order chi connectivity index (χ1) is 11.4. The molecular weight excluding hydrogens is 336 g/mol. The van der Waals surface area contributed by atoms with Crippen LogP contribution >= 0.6 is 11.3 Å². The van der Waals surface area contributed by atoms with Crippen LogP contribution in [0.1, 0.15) is 36.1 Å². The van der Waals surface area contributed by atoms with Crippen LogP contribution < -0.4 is 5.73 Å². The van der Waals surface area contributed by atoms with Crippen LogP contribution in [0.2, 0.25) is 0 Å². The molecule has 0 aromatic carbocycles. The minimum absolute atomic E-state index is 0.00239. The maximum Gasteiger partial charge on any atom is 0.355 e. The minimum Gasteiger partial charge on any atom is -0.465 e. The average Bonchev–Trinajstić information content (AvgIpc) is 3.14. The summed E-state index contributed by atoms with van der Waals surface area (Å²) in [6.07, 6.45) is 1.69. The van der Waals surface area contributed by atoms with Crippen LogP contribution in [0.15, 0.2) is 18.3 Å². The number of methoxy groups -OCH3 is 2. The first-order valence-corrected chi connectivity index (χ1v) is 7.58. The van der Waals surface area contributed by atoms with E-state index in [0.717, 1.165) is 11.3 Å². The molecule has 2 rings (SSSR count). The molecular formula is C15H16N2O6S. The Morgan fingerprint density at radius 3 is 2.38 bits per heavy atom. The number of rotatable bonds is 5. The van der Waals surface area contributed by atoms with Gasteiger partial charge in [-0.25, -0.2) is 14.4 Å². The Labute approximate surface area is 141 Å². The summed E-state index contributed by atoms with van der Waals surface area (Å²) in [5, 5.41) is 0.0900. The van der Waals surface area contributed by atoms with Crippen LogP contribution in [0.5, 0.6) is 0 Å². The van der Waals surface area contributed by atoms with E-state index in [4.69, 9.17) is 10.5 Å². The second kappa shape index (κ2) is 7.18. The molecule has 0 amide bonds. The van der Waals surface area contributed by atoms with Crippen molar-refractivity contribution in [1.29, 1.82) is 0 Å². The number of esters is 3. The van der Waals surface area contributed by atoms with Gasteiger partial charge in [0.15, 0.2) is 0 Å². The number of nitrogen functional groups attached to an aromatic ring is 1. The van der Waals surface area contributed by atoms with E-state index in [1.54, 1.807) is 29.9 Å². The van der Waals surface area contributed by atoms with Crippen molar-refractivity contribution in [2.45, 2.75) is 6.61 Å². The van der Waals surface area contributed by atoms with Crippen molar-refractivity contribution in [3.8, 4) is 0 Å². The Balaban J connectivity index is 2.33. The van der Waals surface area contributed by atoms with Crippen LogP contribution in [-0.4, -0.2) is 36.7 Å². The van der Waals surface area contributed by atoms with Gasteiger partial charge in [0.1, 0.15) is 27.7 Å². The Morgan fingerprint density at radius 1 is 1.17 bits per heavy atom. The van der Waals surface area contributed by atoms with Crippen molar-refractivity contribution >= 4 is 34.2 Å². The first kappa shape index (κ1) is 17.5. The fourth-order valence-corrected chi connectivity index (χ4v) is 3.07. The van der Waals surface area contributed by atoms with E-state index in [9.17, 15) is 14.4 Å². The Kier molecular flexibility index (Phi) is 5.24. The van der Waals surface area contributed by atoms with E-state index in [1.165, 1.54) is 14.2 Å².